The molecule has 3 aromatic rings. The van der Waals surface area contributed by atoms with E-state index in [0.717, 1.165) is 16.7 Å². The molecule has 1 amide bonds. The number of rotatable bonds is 8. The second kappa shape index (κ2) is 9.51. The summed E-state index contributed by atoms with van der Waals surface area (Å²) in [6, 6.07) is 9.34. The van der Waals surface area contributed by atoms with E-state index in [-0.39, 0.29) is 19.1 Å². The molecule has 0 aliphatic carbocycles. The first-order valence-corrected chi connectivity index (χ1v) is 9.81. The van der Waals surface area contributed by atoms with Gasteiger partial charge >= 0.3 is 0 Å². The highest BCUT2D eigenvalue weighted by Crippen LogP contribution is 2.31. The number of carbonyl (C=O) groups is 1. The molecule has 3 rings (SSSR count). The van der Waals surface area contributed by atoms with Crippen LogP contribution in [0.5, 0.6) is 17.2 Å². The number of benzene rings is 2. The summed E-state index contributed by atoms with van der Waals surface area (Å²) in [5, 5.41) is 8.12. The van der Waals surface area contributed by atoms with Gasteiger partial charge in [-0.1, -0.05) is 6.07 Å². The Kier molecular flexibility index (Phi) is 6.79. The van der Waals surface area contributed by atoms with E-state index >= 15 is 0 Å². The maximum Gasteiger partial charge on any atom is 0.260 e. The van der Waals surface area contributed by atoms with Gasteiger partial charge in [0.25, 0.3) is 5.91 Å². The number of nitrogens with zero attached hydrogens (tertiary/aromatic N) is 3. The Bertz CT molecular complexity index is 1080. The van der Waals surface area contributed by atoms with Crippen LogP contribution in [0.25, 0.3) is 11.5 Å². The largest absolute Gasteiger partial charge is 0.493 e. The molecule has 0 N–H and O–H groups in total. The Morgan fingerprint density at radius 3 is 2.45 bits per heavy atom. The summed E-state index contributed by atoms with van der Waals surface area (Å²) in [5.41, 5.74) is 3.94. The molecule has 0 saturated carbocycles. The van der Waals surface area contributed by atoms with Crippen LogP contribution in [-0.4, -0.2) is 48.9 Å². The lowest BCUT2D eigenvalue weighted by molar-refractivity contribution is -0.132. The third kappa shape index (κ3) is 5.14. The van der Waals surface area contributed by atoms with Crippen molar-refractivity contribution in [1.29, 1.82) is 0 Å². The fourth-order valence-electron chi connectivity index (χ4n) is 3.09. The minimum absolute atomic E-state index is 0.0725. The van der Waals surface area contributed by atoms with Crippen LogP contribution in [0.15, 0.2) is 34.7 Å². The highest BCUT2D eigenvalue weighted by Gasteiger charge is 2.17. The van der Waals surface area contributed by atoms with Gasteiger partial charge in [-0.25, -0.2) is 0 Å². The van der Waals surface area contributed by atoms with Gasteiger partial charge in [0, 0.05) is 12.6 Å². The van der Waals surface area contributed by atoms with Gasteiger partial charge in [0.05, 0.1) is 20.8 Å². The van der Waals surface area contributed by atoms with Crippen LogP contribution in [0, 0.1) is 20.8 Å². The second-order valence-corrected chi connectivity index (χ2v) is 7.31. The van der Waals surface area contributed by atoms with Crippen LogP contribution in [0.3, 0.4) is 0 Å². The Balaban J connectivity index is 1.63. The fourth-order valence-corrected chi connectivity index (χ4v) is 3.09. The molecule has 1 aromatic heterocycles. The molecule has 0 aliphatic heterocycles. The number of likely N-dealkylation sites (N-methyl/N-ethyl adjacent to an activating group) is 1. The second-order valence-electron chi connectivity index (χ2n) is 7.31. The average molecular weight is 425 g/mol. The van der Waals surface area contributed by atoms with Gasteiger partial charge in [0.2, 0.25) is 11.8 Å². The number of carbonyl (C=O) groups excluding carboxylic acids is 1. The molecule has 8 nitrogen and oxygen atoms in total. The molecule has 0 atom stereocenters. The predicted molar refractivity (Wildman–Crippen MR) is 115 cm³/mol. The number of methoxy groups -OCH3 is 2. The van der Waals surface area contributed by atoms with Gasteiger partial charge < -0.3 is 23.5 Å². The maximum atomic E-state index is 12.5. The molecule has 1 heterocycles. The van der Waals surface area contributed by atoms with Crippen LogP contribution < -0.4 is 14.2 Å². The summed E-state index contributed by atoms with van der Waals surface area (Å²) >= 11 is 0. The van der Waals surface area contributed by atoms with E-state index in [1.807, 2.05) is 26.8 Å². The Hall–Kier alpha value is -3.55. The monoisotopic (exact) mass is 425 g/mol. The third-order valence-electron chi connectivity index (χ3n) is 5.01. The summed E-state index contributed by atoms with van der Waals surface area (Å²) in [6.07, 6.45) is 0. The van der Waals surface area contributed by atoms with Gasteiger partial charge in [-0.2, -0.15) is 0 Å². The van der Waals surface area contributed by atoms with Crippen molar-refractivity contribution in [1.82, 2.24) is 15.1 Å². The maximum absolute atomic E-state index is 12.5. The number of aryl methyl sites for hydroxylation is 2. The first-order chi connectivity index (χ1) is 14.8. The molecule has 0 spiro atoms. The molecule has 0 aliphatic rings. The van der Waals surface area contributed by atoms with Gasteiger partial charge in [-0.3, -0.25) is 4.79 Å². The highest BCUT2D eigenvalue weighted by atomic mass is 16.5. The standard InChI is InChI=1S/C23H27N3O5/c1-14-9-15(2)16(3)19(10-14)30-13-22(27)26(4)12-21-24-25-23(31-21)17-7-8-18(28-5)20(11-17)29-6/h7-11H,12-13H2,1-6H3. The minimum atomic E-state index is -0.190. The number of aromatic nitrogens is 2. The zero-order valence-corrected chi connectivity index (χ0v) is 18.7. The summed E-state index contributed by atoms with van der Waals surface area (Å²) in [5.74, 6) is 2.35. The lowest BCUT2D eigenvalue weighted by Crippen LogP contribution is -2.31. The van der Waals surface area contributed by atoms with Crippen molar-refractivity contribution < 1.29 is 23.4 Å². The number of ether oxygens (including phenoxy) is 3. The quantitative estimate of drug-likeness (QED) is 0.544. The number of hydrogen-bond acceptors (Lipinski definition) is 7. The van der Waals surface area contributed by atoms with Crippen molar-refractivity contribution in [2.24, 2.45) is 0 Å². The van der Waals surface area contributed by atoms with E-state index in [0.29, 0.717) is 34.6 Å². The van der Waals surface area contributed by atoms with E-state index in [1.165, 1.54) is 4.90 Å². The van der Waals surface area contributed by atoms with E-state index in [9.17, 15) is 4.79 Å². The van der Waals surface area contributed by atoms with E-state index in [2.05, 4.69) is 16.3 Å². The molecule has 2 aromatic carbocycles. The number of hydrogen-bond donors (Lipinski definition) is 0. The first-order valence-electron chi connectivity index (χ1n) is 9.81. The Morgan fingerprint density at radius 1 is 1.00 bits per heavy atom. The van der Waals surface area contributed by atoms with Crippen molar-refractivity contribution in [3.63, 3.8) is 0 Å². The Morgan fingerprint density at radius 2 is 1.74 bits per heavy atom. The van der Waals surface area contributed by atoms with Crippen molar-refractivity contribution >= 4 is 5.91 Å². The van der Waals surface area contributed by atoms with Gasteiger partial charge in [0.1, 0.15) is 5.75 Å². The van der Waals surface area contributed by atoms with Crippen molar-refractivity contribution in [2.75, 3.05) is 27.9 Å². The average Bonchev–Trinajstić information content (AvgIpc) is 3.22. The van der Waals surface area contributed by atoms with Crippen molar-refractivity contribution in [2.45, 2.75) is 27.3 Å². The molecule has 164 valence electrons. The molecular weight excluding hydrogens is 398 g/mol. The van der Waals surface area contributed by atoms with E-state index in [4.69, 9.17) is 18.6 Å². The van der Waals surface area contributed by atoms with Crippen LogP contribution in [0.1, 0.15) is 22.6 Å². The molecule has 0 radical (unpaired) electrons. The molecular formula is C23H27N3O5. The van der Waals surface area contributed by atoms with Crippen molar-refractivity contribution in [3.8, 4) is 28.7 Å². The van der Waals surface area contributed by atoms with Crippen molar-refractivity contribution in [3.05, 3.63) is 52.9 Å². The summed E-state index contributed by atoms with van der Waals surface area (Å²) in [7, 11) is 4.80. The molecule has 31 heavy (non-hydrogen) atoms. The highest BCUT2D eigenvalue weighted by molar-refractivity contribution is 5.77. The summed E-state index contributed by atoms with van der Waals surface area (Å²) in [4.78, 5) is 14.0. The first kappa shape index (κ1) is 22.1. The lowest BCUT2D eigenvalue weighted by atomic mass is 10.1. The smallest absolute Gasteiger partial charge is 0.260 e. The SMILES string of the molecule is COc1ccc(-c2nnc(CN(C)C(=O)COc3cc(C)cc(C)c3C)o2)cc1OC. The van der Waals surface area contributed by atoms with Gasteiger partial charge in [-0.15, -0.1) is 10.2 Å². The van der Waals surface area contributed by atoms with Crippen LogP contribution in [0.2, 0.25) is 0 Å². The summed E-state index contributed by atoms with van der Waals surface area (Å²) in [6.45, 7) is 6.10. The lowest BCUT2D eigenvalue weighted by Gasteiger charge is -2.17. The molecule has 0 unspecified atom stereocenters. The minimum Gasteiger partial charge on any atom is -0.493 e. The fraction of sp³-hybridized carbons (Fsp3) is 0.348. The van der Waals surface area contributed by atoms with E-state index < -0.39 is 0 Å². The van der Waals surface area contributed by atoms with Crippen LogP contribution in [-0.2, 0) is 11.3 Å². The van der Waals surface area contributed by atoms with Gasteiger partial charge in [-0.05, 0) is 61.7 Å². The predicted octanol–water partition coefficient (Wildman–Crippen LogP) is 3.72. The molecule has 0 fully saturated rings. The van der Waals surface area contributed by atoms with Gasteiger partial charge in [0.15, 0.2) is 18.1 Å². The van der Waals surface area contributed by atoms with Crippen LogP contribution >= 0.6 is 0 Å². The Labute approximate surface area is 181 Å². The molecule has 0 saturated heterocycles. The van der Waals surface area contributed by atoms with Crippen LogP contribution in [0.4, 0.5) is 0 Å². The van der Waals surface area contributed by atoms with E-state index in [1.54, 1.807) is 39.5 Å². The third-order valence-corrected chi connectivity index (χ3v) is 5.01. The number of amides is 1. The molecule has 0 bridgehead atoms. The topological polar surface area (TPSA) is 86.9 Å². The summed E-state index contributed by atoms with van der Waals surface area (Å²) < 4.78 is 22.0. The zero-order valence-electron chi connectivity index (χ0n) is 18.7. The molecule has 8 heteroatoms. The normalized spacial score (nSPS) is 10.6. The zero-order chi connectivity index (χ0) is 22.5.